The first kappa shape index (κ1) is 13.6. The van der Waals surface area contributed by atoms with Crippen molar-refractivity contribution in [1.29, 1.82) is 0 Å². The fraction of sp³-hybridized carbons (Fsp3) is 0.467. The largest absolute Gasteiger partial charge is 0.335 e. The molecule has 0 aromatic heterocycles. The predicted molar refractivity (Wildman–Crippen MR) is 73.5 cm³/mol. The average Bonchev–Trinajstić information content (AvgIpc) is 2.38. The molecule has 0 saturated carbocycles. The van der Waals surface area contributed by atoms with E-state index in [0.717, 1.165) is 0 Å². The summed E-state index contributed by atoms with van der Waals surface area (Å²) in [6.45, 7) is 6.54. The van der Waals surface area contributed by atoms with Gasteiger partial charge in [-0.3, -0.25) is 9.59 Å². The number of hydrogen-bond acceptors (Lipinski definition) is 2. The van der Waals surface area contributed by atoms with Crippen LogP contribution in [-0.4, -0.2) is 29.4 Å². The first-order chi connectivity index (χ1) is 8.89. The van der Waals surface area contributed by atoms with Gasteiger partial charge in [0.2, 0.25) is 5.91 Å². The molecule has 1 aliphatic heterocycles. The van der Waals surface area contributed by atoms with Crippen LogP contribution in [0.5, 0.6) is 0 Å². The van der Waals surface area contributed by atoms with Crippen molar-refractivity contribution in [2.24, 2.45) is 5.41 Å². The van der Waals surface area contributed by atoms with E-state index in [4.69, 9.17) is 0 Å². The van der Waals surface area contributed by atoms with E-state index in [1.165, 1.54) is 0 Å². The van der Waals surface area contributed by atoms with Crippen LogP contribution >= 0.6 is 0 Å². The number of rotatable bonds is 1. The molecule has 102 valence electrons. The van der Waals surface area contributed by atoms with Gasteiger partial charge in [-0.05, 0) is 12.1 Å². The molecule has 1 saturated heterocycles. The molecule has 2 rings (SSSR count). The predicted octanol–water partition coefficient (Wildman–Crippen LogP) is 2.02. The lowest BCUT2D eigenvalue weighted by Gasteiger charge is -2.43. The zero-order chi connectivity index (χ0) is 14.0. The molecule has 0 spiro atoms. The highest BCUT2D eigenvalue weighted by Gasteiger charge is 2.37. The van der Waals surface area contributed by atoms with Crippen LogP contribution in [0.2, 0.25) is 0 Å². The van der Waals surface area contributed by atoms with Crippen molar-refractivity contribution < 1.29 is 9.59 Å². The third kappa shape index (κ3) is 2.95. The third-order valence-corrected chi connectivity index (χ3v) is 3.29. The van der Waals surface area contributed by atoms with Crippen LogP contribution in [0.25, 0.3) is 0 Å². The molecule has 1 fully saturated rings. The molecule has 4 nitrogen and oxygen atoms in total. The van der Waals surface area contributed by atoms with Gasteiger partial charge in [0, 0.05) is 23.9 Å². The fourth-order valence-electron chi connectivity index (χ4n) is 2.30. The zero-order valence-electron chi connectivity index (χ0n) is 11.6. The lowest BCUT2D eigenvalue weighted by molar-refractivity contribution is -0.127. The van der Waals surface area contributed by atoms with Gasteiger partial charge in [-0.25, -0.2) is 0 Å². The molecule has 1 aromatic rings. The molecule has 19 heavy (non-hydrogen) atoms. The first-order valence-corrected chi connectivity index (χ1v) is 6.55. The molecule has 1 N–H and O–H groups in total. The standard InChI is InChI=1S/C15H20N2O2/c1-15(2,3)14-16-12(18)9-10-17(14)13(19)11-7-5-4-6-8-11/h4-8,14H,9-10H2,1-3H3,(H,16,18)/t14-/m0/s1. The van der Waals surface area contributed by atoms with Gasteiger partial charge < -0.3 is 10.2 Å². The average molecular weight is 260 g/mol. The monoisotopic (exact) mass is 260 g/mol. The Hall–Kier alpha value is -1.84. The second-order valence-corrected chi connectivity index (χ2v) is 5.95. The summed E-state index contributed by atoms with van der Waals surface area (Å²) in [7, 11) is 0. The van der Waals surface area contributed by atoms with Crippen molar-refractivity contribution in [3.8, 4) is 0 Å². The first-order valence-electron chi connectivity index (χ1n) is 6.55. The summed E-state index contributed by atoms with van der Waals surface area (Å²) >= 11 is 0. The van der Waals surface area contributed by atoms with Crippen molar-refractivity contribution >= 4 is 11.8 Å². The molecule has 1 aliphatic rings. The maximum absolute atomic E-state index is 12.5. The number of benzene rings is 1. The van der Waals surface area contributed by atoms with Crippen LogP contribution < -0.4 is 5.32 Å². The minimum atomic E-state index is -0.263. The zero-order valence-corrected chi connectivity index (χ0v) is 11.6. The lowest BCUT2D eigenvalue weighted by atomic mass is 9.89. The van der Waals surface area contributed by atoms with Crippen molar-refractivity contribution in [3.05, 3.63) is 35.9 Å². The smallest absolute Gasteiger partial charge is 0.255 e. The van der Waals surface area contributed by atoms with Crippen molar-refractivity contribution in [1.82, 2.24) is 10.2 Å². The summed E-state index contributed by atoms with van der Waals surface area (Å²) < 4.78 is 0. The Kier molecular flexibility index (Phi) is 3.60. The number of nitrogens with one attached hydrogen (secondary N) is 1. The van der Waals surface area contributed by atoms with Crippen molar-refractivity contribution in [2.75, 3.05) is 6.54 Å². The van der Waals surface area contributed by atoms with Crippen LogP contribution in [0, 0.1) is 5.41 Å². The molecular formula is C15H20N2O2. The summed E-state index contributed by atoms with van der Waals surface area (Å²) in [5, 5.41) is 2.92. The number of hydrogen-bond donors (Lipinski definition) is 1. The van der Waals surface area contributed by atoms with Crippen LogP contribution in [0.3, 0.4) is 0 Å². The molecule has 1 aromatic carbocycles. The van der Waals surface area contributed by atoms with Gasteiger partial charge in [0.1, 0.15) is 6.17 Å². The van der Waals surface area contributed by atoms with Crippen LogP contribution in [-0.2, 0) is 4.79 Å². The minimum absolute atomic E-state index is 0.0111. The highest BCUT2D eigenvalue weighted by Crippen LogP contribution is 2.26. The Labute approximate surface area is 113 Å². The summed E-state index contributed by atoms with van der Waals surface area (Å²) in [5.41, 5.74) is 0.466. The minimum Gasteiger partial charge on any atom is -0.335 e. The Balaban J connectivity index is 2.26. The Bertz CT molecular complexity index is 477. The summed E-state index contributed by atoms with van der Waals surface area (Å²) in [5.74, 6) is -0.0161. The highest BCUT2D eigenvalue weighted by atomic mass is 16.2. The van der Waals surface area contributed by atoms with Crippen LogP contribution in [0.4, 0.5) is 0 Å². The SMILES string of the molecule is CC(C)(C)[C@H]1NC(=O)CCN1C(=O)c1ccccc1. The molecule has 4 heteroatoms. The van der Waals surface area contributed by atoms with Crippen LogP contribution in [0.15, 0.2) is 30.3 Å². The van der Waals surface area contributed by atoms with E-state index in [9.17, 15) is 9.59 Å². The summed E-state index contributed by atoms with van der Waals surface area (Å²) in [6, 6.07) is 9.19. The maximum Gasteiger partial charge on any atom is 0.255 e. The van der Waals surface area contributed by atoms with Gasteiger partial charge in [0.25, 0.3) is 5.91 Å². The Morgan fingerprint density at radius 1 is 1.26 bits per heavy atom. The number of nitrogens with zero attached hydrogens (tertiary/aromatic N) is 1. The molecule has 0 radical (unpaired) electrons. The summed E-state index contributed by atoms with van der Waals surface area (Å²) in [4.78, 5) is 25.9. The van der Waals surface area contributed by atoms with Gasteiger partial charge in [-0.15, -0.1) is 0 Å². The molecule has 1 heterocycles. The summed E-state index contributed by atoms with van der Waals surface area (Å²) in [6.07, 6.45) is 0.104. The molecule has 1 atom stereocenters. The topological polar surface area (TPSA) is 49.4 Å². The normalized spacial score (nSPS) is 20.1. The Morgan fingerprint density at radius 2 is 1.89 bits per heavy atom. The molecule has 0 aliphatic carbocycles. The van der Waals surface area contributed by atoms with Gasteiger partial charge >= 0.3 is 0 Å². The fourth-order valence-corrected chi connectivity index (χ4v) is 2.30. The number of carbonyl (C=O) groups is 2. The van der Waals surface area contributed by atoms with Crippen molar-refractivity contribution in [2.45, 2.75) is 33.4 Å². The third-order valence-electron chi connectivity index (χ3n) is 3.29. The van der Waals surface area contributed by atoms with E-state index >= 15 is 0 Å². The van der Waals surface area contributed by atoms with Crippen molar-refractivity contribution in [3.63, 3.8) is 0 Å². The second kappa shape index (κ2) is 5.03. The molecule has 0 bridgehead atoms. The molecule has 0 unspecified atom stereocenters. The molecule has 2 amide bonds. The quantitative estimate of drug-likeness (QED) is 0.840. The van der Waals surface area contributed by atoms with Gasteiger partial charge in [0.05, 0.1) is 0 Å². The van der Waals surface area contributed by atoms with E-state index in [-0.39, 0.29) is 23.4 Å². The number of amides is 2. The van der Waals surface area contributed by atoms with Gasteiger partial charge in [-0.2, -0.15) is 0 Å². The van der Waals surface area contributed by atoms with E-state index in [0.29, 0.717) is 18.5 Å². The van der Waals surface area contributed by atoms with E-state index in [2.05, 4.69) is 5.32 Å². The van der Waals surface area contributed by atoms with E-state index in [1.54, 1.807) is 17.0 Å². The maximum atomic E-state index is 12.5. The van der Waals surface area contributed by atoms with E-state index in [1.807, 2.05) is 39.0 Å². The number of carbonyl (C=O) groups excluding carboxylic acids is 2. The van der Waals surface area contributed by atoms with Gasteiger partial charge in [-0.1, -0.05) is 39.0 Å². The van der Waals surface area contributed by atoms with Crippen LogP contribution in [0.1, 0.15) is 37.6 Å². The van der Waals surface area contributed by atoms with Gasteiger partial charge in [0.15, 0.2) is 0 Å². The second-order valence-electron chi connectivity index (χ2n) is 5.95. The molecular weight excluding hydrogens is 240 g/mol. The highest BCUT2D eigenvalue weighted by molar-refractivity contribution is 5.95. The van der Waals surface area contributed by atoms with E-state index < -0.39 is 0 Å². The Morgan fingerprint density at radius 3 is 2.47 bits per heavy atom. The lowest BCUT2D eigenvalue weighted by Crippen LogP contribution is -2.61.